The van der Waals surface area contributed by atoms with Crippen LogP contribution in [0.2, 0.25) is 20.1 Å². The molecule has 126 heavy (non-hydrogen) atoms. The first-order valence-electron chi connectivity index (χ1n) is 41.0. The fourth-order valence-electron chi connectivity index (χ4n) is 16.3. The Balaban J connectivity index is 0.000000155. The topological polar surface area (TPSA) is 304 Å². The van der Waals surface area contributed by atoms with E-state index in [4.69, 9.17) is 61.4 Å². The maximum absolute atomic E-state index is 13.3. The van der Waals surface area contributed by atoms with E-state index in [9.17, 15) is 47.9 Å². The number of nitrogens with zero attached hydrogens (tertiary/aromatic N) is 14. The van der Waals surface area contributed by atoms with E-state index >= 15 is 0 Å². The van der Waals surface area contributed by atoms with E-state index in [-0.39, 0.29) is 90.7 Å². The normalized spacial score (nSPS) is 20.1. The van der Waals surface area contributed by atoms with E-state index < -0.39 is 55.1 Å². The van der Waals surface area contributed by atoms with Gasteiger partial charge in [0.25, 0.3) is 5.91 Å². The molecule has 5 saturated heterocycles. The Hall–Kier alpha value is -12.5. The van der Waals surface area contributed by atoms with Crippen LogP contribution in [0.3, 0.4) is 0 Å². The van der Waals surface area contributed by atoms with Crippen molar-refractivity contribution in [3.05, 3.63) is 326 Å². The number of aliphatic hydroxyl groups excluding tert-OH is 1. The number of pyridine rings is 4. The molecule has 0 aliphatic carbocycles. The Kier molecular flexibility index (Phi) is 32.8. The van der Waals surface area contributed by atoms with Gasteiger partial charge < -0.3 is 63.9 Å². The van der Waals surface area contributed by atoms with Gasteiger partial charge in [0.05, 0.1) is 0 Å². The van der Waals surface area contributed by atoms with E-state index in [1.54, 1.807) is 210 Å². The highest BCUT2D eigenvalue weighted by Crippen LogP contribution is 2.42. The fourth-order valence-corrected chi connectivity index (χ4v) is 16.8. The first-order chi connectivity index (χ1) is 60.5. The summed E-state index contributed by atoms with van der Waals surface area (Å²) in [4.78, 5) is 160. The third-order valence-corrected chi connectivity index (χ3v) is 23.3. The molecule has 15 rings (SSSR count). The zero-order valence-corrected chi connectivity index (χ0v) is 74.1. The SMILES string of the molecule is CC(=O)N1C(C)C(=O)N(C)C1c1ccccc1.CC(=O)N1C(Cc2cccnc2)C(=O)N(C)C1c1ccc(Cl)cc1.CCCC(=O)N1C(Cc2cccnc2)C(=O)N(C)C1c1ccc(Cl)cc1.CN1C(=O)C(Cc2cccnc2)N(C(=O)CCC(O)O)C1c1ccc(Cl)cc1.CN1C(=O)C(Cc2cccnc2)N(C(=O)COc2ccccc2)C1c1ccc(Cl)cc1. The summed E-state index contributed by atoms with van der Waals surface area (Å²) >= 11 is 24.0. The summed E-state index contributed by atoms with van der Waals surface area (Å²) in [5, 5.41) is 20.7. The molecule has 9 heterocycles. The van der Waals surface area contributed by atoms with Crippen molar-refractivity contribution in [2.45, 2.75) is 146 Å². The molecular formula is C95H100Cl4N14O13. The van der Waals surface area contributed by atoms with Gasteiger partial charge in [0.1, 0.15) is 66.8 Å². The lowest BCUT2D eigenvalue weighted by atomic mass is 10.1. The first kappa shape index (κ1) is 94.2. The molecule has 10 amide bonds. The largest absolute Gasteiger partial charge is 0.484 e. The van der Waals surface area contributed by atoms with E-state index in [1.807, 2.05) is 134 Å². The van der Waals surface area contributed by atoms with Crippen LogP contribution in [0.15, 0.2) is 256 Å². The van der Waals surface area contributed by atoms with Gasteiger partial charge in [-0.05, 0) is 148 Å². The molecule has 2 N–H and O–H groups in total. The molecule has 4 aromatic heterocycles. The van der Waals surface area contributed by atoms with Crippen molar-refractivity contribution in [2.75, 3.05) is 41.8 Å². The second kappa shape index (κ2) is 43.9. The molecule has 27 nitrogen and oxygen atoms in total. The number of para-hydroxylation sites is 1. The maximum atomic E-state index is 13.3. The Morgan fingerprint density at radius 1 is 0.357 bits per heavy atom. The van der Waals surface area contributed by atoms with Gasteiger partial charge in [-0.1, -0.05) is 175 Å². The Labute approximate surface area is 752 Å². The molecule has 0 saturated carbocycles. The zero-order valence-electron chi connectivity index (χ0n) is 71.1. The number of halogens is 4. The van der Waals surface area contributed by atoms with E-state index in [0.29, 0.717) is 57.9 Å². The summed E-state index contributed by atoms with van der Waals surface area (Å²) in [6, 6.07) is 59.5. The number of ether oxygens (including phenoxy) is 1. The minimum atomic E-state index is -1.58. The average Bonchev–Trinajstić information content (AvgIpc) is 1.60. The van der Waals surface area contributed by atoms with Crippen LogP contribution < -0.4 is 4.74 Å². The highest BCUT2D eigenvalue weighted by atomic mass is 35.5. The quantitative estimate of drug-likeness (QED) is 0.0632. The van der Waals surface area contributed by atoms with Gasteiger partial charge in [-0.3, -0.25) is 67.9 Å². The molecule has 31 heteroatoms. The molecule has 5 aliphatic rings. The predicted molar refractivity (Wildman–Crippen MR) is 476 cm³/mol. The van der Waals surface area contributed by atoms with Crippen LogP contribution >= 0.6 is 46.4 Å². The molecule has 0 spiro atoms. The predicted octanol–water partition coefficient (Wildman–Crippen LogP) is 13.0. The van der Waals surface area contributed by atoms with Crippen molar-refractivity contribution in [3.8, 4) is 5.75 Å². The number of carbonyl (C=O) groups is 10. The molecule has 10 aromatic rings. The van der Waals surface area contributed by atoms with Crippen LogP contribution in [-0.4, -0.2) is 217 Å². The third-order valence-electron chi connectivity index (χ3n) is 22.3. The van der Waals surface area contributed by atoms with E-state index in [2.05, 4.69) is 19.9 Å². The third kappa shape index (κ3) is 22.8. The number of aliphatic hydroxyl groups is 2. The van der Waals surface area contributed by atoms with Crippen LogP contribution in [0.5, 0.6) is 5.75 Å². The monoisotopic (exact) mass is 1780 g/mol. The van der Waals surface area contributed by atoms with Crippen molar-refractivity contribution in [1.82, 2.24) is 68.9 Å². The average molecular weight is 1790 g/mol. The molecule has 10 unspecified atom stereocenters. The molecule has 656 valence electrons. The first-order valence-corrected chi connectivity index (χ1v) is 42.5. The molecule has 0 bridgehead atoms. The van der Waals surface area contributed by atoms with E-state index in [1.165, 1.54) is 23.6 Å². The molecule has 5 aliphatic heterocycles. The lowest BCUT2D eigenvalue weighted by molar-refractivity contribution is -0.139. The molecule has 5 fully saturated rings. The molecule has 6 aromatic carbocycles. The summed E-state index contributed by atoms with van der Waals surface area (Å²) < 4.78 is 5.70. The maximum Gasteiger partial charge on any atom is 0.263 e. The second-order valence-corrected chi connectivity index (χ2v) is 32.6. The van der Waals surface area contributed by atoms with Gasteiger partial charge in [0.2, 0.25) is 53.2 Å². The lowest BCUT2D eigenvalue weighted by Gasteiger charge is -2.30. The van der Waals surface area contributed by atoms with Gasteiger partial charge in [-0.15, -0.1) is 0 Å². The number of amides is 10. The number of benzene rings is 6. The van der Waals surface area contributed by atoms with Crippen LogP contribution in [0.4, 0.5) is 0 Å². The van der Waals surface area contributed by atoms with Gasteiger partial charge >= 0.3 is 0 Å². The van der Waals surface area contributed by atoms with Crippen LogP contribution in [0, 0.1) is 0 Å². The molecule has 0 radical (unpaired) electrons. The van der Waals surface area contributed by atoms with Crippen LogP contribution in [0.1, 0.15) is 134 Å². The van der Waals surface area contributed by atoms with Gasteiger partial charge in [0, 0.05) is 164 Å². The van der Waals surface area contributed by atoms with E-state index in [0.717, 1.165) is 56.5 Å². The lowest BCUT2D eigenvalue weighted by Crippen LogP contribution is -2.43. The highest BCUT2D eigenvalue weighted by Gasteiger charge is 2.52. The molecule has 10 atom stereocenters. The highest BCUT2D eigenvalue weighted by molar-refractivity contribution is 6.31. The summed E-state index contributed by atoms with van der Waals surface area (Å²) in [6.07, 6.45) is 12.3. The molecular weight excluding hydrogens is 1690 g/mol. The minimum absolute atomic E-state index is 0.0148. The number of hydrogen-bond acceptors (Lipinski definition) is 17. The van der Waals surface area contributed by atoms with Crippen LogP contribution in [-0.2, 0) is 73.6 Å². The number of carbonyl (C=O) groups excluding carboxylic acids is 10. The van der Waals surface area contributed by atoms with Gasteiger partial charge in [0.15, 0.2) is 12.9 Å². The Morgan fingerprint density at radius 2 is 0.635 bits per heavy atom. The standard InChI is InChI=1S/C24H22ClN3O3.C20H22ClN3O4.C20H22ClN3O2.C18H18ClN3O2.C13H16N2O2/c1-27-23(18-9-11-19(25)12-10-18)28(22(29)16-31-20-7-3-2-4-8-20)21(24(27)30)14-17-6-5-13-26-15-17;1-23-19(14-4-6-15(21)7-5-14)24(17(25)8-9-18(26)27)16(20(23)28)11-13-3-2-10-22-12-13;1-3-5-18(25)24-17(12-14-6-4-11-22-13-14)20(26)23(2)19(24)15-7-9-16(21)10-8-15;1-12(23)22-16(10-13-4-3-9-20-11-13)18(24)21(2)17(22)14-5-7-15(19)8-6-14;1-9-13(17)14(3)12(15(9)10(2)16)11-7-5-4-6-8-11/h2-13,15,21,23H,14,16H2,1H3;2-7,10,12,16,18-19,26-27H,8-9,11H2,1H3;4,6-11,13,17,19H,3,5,12H2,1-2H3;3-9,11,16-17H,10H2,1-2H3;4-9,12H,1-3H3. The number of hydrogen-bond donors (Lipinski definition) is 2. The second-order valence-electron chi connectivity index (χ2n) is 30.9. The Bertz CT molecular complexity index is 5370. The van der Waals surface area contributed by atoms with Crippen molar-refractivity contribution in [1.29, 1.82) is 0 Å². The Morgan fingerprint density at radius 3 is 0.937 bits per heavy atom. The van der Waals surface area contributed by atoms with Crippen molar-refractivity contribution in [2.24, 2.45) is 0 Å². The smallest absolute Gasteiger partial charge is 0.263 e. The zero-order chi connectivity index (χ0) is 90.6. The van der Waals surface area contributed by atoms with Crippen molar-refractivity contribution < 1.29 is 62.9 Å². The minimum Gasteiger partial charge on any atom is -0.484 e. The summed E-state index contributed by atoms with van der Waals surface area (Å²) in [7, 11) is 8.58. The van der Waals surface area contributed by atoms with Crippen molar-refractivity contribution >= 4 is 105 Å². The van der Waals surface area contributed by atoms with Crippen molar-refractivity contribution in [3.63, 3.8) is 0 Å². The van der Waals surface area contributed by atoms with Crippen LogP contribution in [0.25, 0.3) is 0 Å². The van der Waals surface area contributed by atoms with Gasteiger partial charge in [-0.25, -0.2) is 0 Å². The summed E-state index contributed by atoms with van der Waals surface area (Å²) in [5.74, 6) is -0.680. The number of aromatic nitrogens is 4. The summed E-state index contributed by atoms with van der Waals surface area (Å²) in [6.45, 7) is 6.55. The number of likely N-dealkylation sites (N-methyl/N-ethyl adjacent to an activating group) is 5. The fraction of sp³-hybridized carbons (Fsp3) is 0.305. The summed E-state index contributed by atoms with van der Waals surface area (Å²) in [5.41, 5.74) is 7.84. The number of rotatable bonds is 21. The van der Waals surface area contributed by atoms with Gasteiger partial charge in [-0.2, -0.15) is 0 Å².